The molecule has 0 spiro atoms. The molecule has 0 saturated heterocycles. The minimum Gasteiger partial charge on any atom is -0.508 e. The lowest BCUT2D eigenvalue weighted by Crippen LogP contribution is -1.95. The summed E-state index contributed by atoms with van der Waals surface area (Å²) in [4.78, 5) is 0. The van der Waals surface area contributed by atoms with Crippen molar-refractivity contribution >= 4 is 11.8 Å². The summed E-state index contributed by atoms with van der Waals surface area (Å²) < 4.78 is 5.46. The molecule has 1 rings (SSSR count). The molecule has 0 amide bonds. The maximum atomic E-state index is 9.34. The van der Waals surface area contributed by atoms with Gasteiger partial charge in [0.05, 0.1) is 6.61 Å². The summed E-state index contributed by atoms with van der Waals surface area (Å²) in [5, 5.41) is 9.34. The zero-order chi connectivity index (χ0) is 10.4. The molecule has 14 heavy (non-hydrogen) atoms. The number of hydrogen-bond donors (Lipinski definition) is 1. The lowest BCUT2D eigenvalue weighted by Gasteiger charge is -2.09. The first-order chi connectivity index (χ1) is 6.77. The molecule has 1 N–H and O–H groups in total. The number of benzene rings is 1. The predicted octanol–water partition coefficient (Wildman–Crippen LogP) is 3.04. The zero-order valence-electron chi connectivity index (χ0n) is 8.62. The zero-order valence-corrected chi connectivity index (χ0v) is 9.43. The average Bonchev–Trinajstić information content (AvgIpc) is 2.18. The van der Waals surface area contributed by atoms with Gasteiger partial charge in [0.1, 0.15) is 11.5 Å². The van der Waals surface area contributed by atoms with Crippen molar-refractivity contribution in [3.63, 3.8) is 0 Å². The highest BCUT2D eigenvalue weighted by molar-refractivity contribution is 7.98. The van der Waals surface area contributed by atoms with Crippen LogP contribution in [0.4, 0.5) is 0 Å². The minimum absolute atomic E-state index is 0.306. The first-order valence-corrected chi connectivity index (χ1v) is 5.95. The highest BCUT2D eigenvalue weighted by Crippen LogP contribution is 2.27. The lowest BCUT2D eigenvalue weighted by molar-refractivity contribution is 0.336. The number of hydrogen-bond acceptors (Lipinski definition) is 3. The van der Waals surface area contributed by atoms with Crippen molar-refractivity contribution in [3.8, 4) is 11.5 Å². The molecule has 0 atom stereocenters. The molecule has 0 saturated carbocycles. The Labute approximate surface area is 89.3 Å². The molecular formula is C11H16O2S. The molecular weight excluding hydrogens is 196 g/mol. The summed E-state index contributed by atoms with van der Waals surface area (Å²) in [6.07, 6.45) is 0. The van der Waals surface area contributed by atoms with Gasteiger partial charge in [0.2, 0.25) is 0 Å². The summed E-state index contributed by atoms with van der Waals surface area (Å²) in [6, 6.07) is 5.25. The number of aromatic hydroxyl groups is 1. The van der Waals surface area contributed by atoms with E-state index in [1.54, 1.807) is 12.1 Å². The van der Waals surface area contributed by atoms with Crippen molar-refractivity contribution in [1.82, 2.24) is 0 Å². The highest BCUT2D eigenvalue weighted by atomic mass is 32.2. The van der Waals surface area contributed by atoms with Crippen molar-refractivity contribution < 1.29 is 9.84 Å². The smallest absolute Gasteiger partial charge is 0.123 e. The SMILES string of the molecule is CCOc1ccc(O)cc1CSCC. The summed E-state index contributed by atoms with van der Waals surface area (Å²) in [5.74, 6) is 3.15. The maximum Gasteiger partial charge on any atom is 0.123 e. The van der Waals surface area contributed by atoms with Crippen LogP contribution in [-0.4, -0.2) is 17.5 Å². The molecule has 0 aliphatic carbocycles. The summed E-state index contributed by atoms with van der Waals surface area (Å²) >= 11 is 1.82. The van der Waals surface area contributed by atoms with E-state index in [2.05, 4.69) is 6.92 Å². The second-order valence-corrected chi connectivity index (χ2v) is 4.14. The fourth-order valence-corrected chi connectivity index (χ4v) is 1.84. The van der Waals surface area contributed by atoms with Gasteiger partial charge in [-0.15, -0.1) is 0 Å². The maximum absolute atomic E-state index is 9.34. The molecule has 1 aromatic rings. The Kier molecular flexibility index (Phi) is 4.66. The van der Waals surface area contributed by atoms with Gasteiger partial charge in [-0.3, -0.25) is 0 Å². The van der Waals surface area contributed by atoms with Crippen molar-refractivity contribution in [1.29, 1.82) is 0 Å². The molecule has 0 aliphatic rings. The summed E-state index contributed by atoms with van der Waals surface area (Å²) in [5.41, 5.74) is 1.07. The monoisotopic (exact) mass is 212 g/mol. The molecule has 0 aliphatic heterocycles. The van der Waals surface area contributed by atoms with Gasteiger partial charge in [-0.2, -0.15) is 11.8 Å². The largest absolute Gasteiger partial charge is 0.508 e. The van der Waals surface area contributed by atoms with Crippen LogP contribution >= 0.6 is 11.8 Å². The van der Waals surface area contributed by atoms with E-state index >= 15 is 0 Å². The van der Waals surface area contributed by atoms with Crippen LogP contribution in [0.2, 0.25) is 0 Å². The van der Waals surface area contributed by atoms with E-state index in [0.717, 1.165) is 22.8 Å². The van der Waals surface area contributed by atoms with Crippen LogP contribution in [0.25, 0.3) is 0 Å². The van der Waals surface area contributed by atoms with Crippen molar-refractivity contribution in [2.45, 2.75) is 19.6 Å². The number of thioether (sulfide) groups is 1. The first-order valence-electron chi connectivity index (χ1n) is 4.80. The quantitative estimate of drug-likeness (QED) is 0.813. The number of ether oxygens (including phenoxy) is 1. The van der Waals surface area contributed by atoms with Crippen molar-refractivity contribution in [3.05, 3.63) is 23.8 Å². The van der Waals surface area contributed by atoms with Gasteiger partial charge in [0, 0.05) is 11.3 Å². The molecule has 0 heterocycles. The second-order valence-electron chi connectivity index (χ2n) is 2.86. The van der Waals surface area contributed by atoms with Gasteiger partial charge in [-0.05, 0) is 30.9 Å². The van der Waals surface area contributed by atoms with Gasteiger partial charge < -0.3 is 9.84 Å². The normalized spacial score (nSPS) is 10.1. The third-order valence-electron chi connectivity index (χ3n) is 1.81. The van der Waals surface area contributed by atoms with E-state index in [4.69, 9.17) is 4.74 Å². The summed E-state index contributed by atoms with van der Waals surface area (Å²) in [7, 11) is 0. The van der Waals surface area contributed by atoms with Crippen molar-refractivity contribution in [2.75, 3.05) is 12.4 Å². The van der Waals surface area contributed by atoms with E-state index < -0.39 is 0 Å². The fraction of sp³-hybridized carbons (Fsp3) is 0.455. The lowest BCUT2D eigenvalue weighted by atomic mass is 10.2. The first kappa shape index (κ1) is 11.2. The van der Waals surface area contributed by atoms with E-state index in [-0.39, 0.29) is 0 Å². The van der Waals surface area contributed by atoms with Crippen LogP contribution in [0, 0.1) is 0 Å². The van der Waals surface area contributed by atoms with E-state index in [0.29, 0.717) is 12.4 Å². The van der Waals surface area contributed by atoms with Crippen LogP contribution in [0.15, 0.2) is 18.2 Å². The van der Waals surface area contributed by atoms with Crippen molar-refractivity contribution in [2.24, 2.45) is 0 Å². The molecule has 2 nitrogen and oxygen atoms in total. The molecule has 78 valence electrons. The van der Waals surface area contributed by atoms with Gasteiger partial charge in [0.15, 0.2) is 0 Å². The Morgan fingerprint density at radius 1 is 1.36 bits per heavy atom. The molecule has 0 radical (unpaired) electrons. The van der Waals surface area contributed by atoms with Gasteiger partial charge >= 0.3 is 0 Å². The van der Waals surface area contributed by atoms with Crippen LogP contribution in [0.5, 0.6) is 11.5 Å². The predicted molar refractivity (Wildman–Crippen MR) is 61.1 cm³/mol. The Balaban J connectivity index is 2.79. The standard InChI is InChI=1S/C11H16O2S/c1-3-13-11-6-5-10(12)7-9(11)8-14-4-2/h5-7,12H,3-4,8H2,1-2H3. The van der Waals surface area contributed by atoms with E-state index in [1.165, 1.54) is 0 Å². The molecule has 1 aromatic carbocycles. The Morgan fingerprint density at radius 3 is 2.79 bits per heavy atom. The molecule has 0 fully saturated rings. The Hall–Kier alpha value is -0.830. The third-order valence-corrected chi connectivity index (χ3v) is 2.73. The number of phenols is 1. The fourth-order valence-electron chi connectivity index (χ4n) is 1.19. The summed E-state index contributed by atoms with van der Waals surface area (Å²) in [6.45, 7) is 4.74. The van der Waals surface area contributed by atoms with Crippen LogP contribution in [-0.2, 0) is 5.75 Å². The highest BCUT2D eigenvalue weighted by Gasteiger charge is 2.04. The van der Waals surface area contributed by atoms with Gasteiger partial charge in [-0.25, -0.2) is 0 Å². The minimum atomic E-state index is 0.306. The van der Waals surface area contributed by atoms with Crippen LogP contribution < -0.4 is 4.74 Å². The Morgan fingerprint density at radius 2 is 2.14 bits per heavy atom. The van der Waals surface area contributed by atoms with Gasteiger partial charge in [-0.1, -0.05) is 6.92 Å². The molecule has 0 bridgehead atoms. The van der Waals surface area contributed by atoms with Gasteiger partial charge in [0.25, 0.3) is 0 Å². The third kappa shape index (κ3) is 3.14. The van der Waals surface area contributed by atoms with E-state index in [9.17, 15) is 5.11 Å². The Bertz CT molecular complexity index is 287. The van der Waals surface area contributed by atoms with Crippen LogP contribution in [0.1, 0.15) is 19.4 Å². The molecule has 3 heteroatoms. The number of phenolic OH excluding ortho intramolecular Hbond substituents is 1. The number of rotatable bonds is 5. The topological polar surface area (TPSA) is 29.5 Å². The second kappa shape index (κ2) is 5.81. The van der Waals surface area contributed by atoms with Crippen LogP contribution in [0.3, 0.4) is 0 Å². The average molecular weight is 212 g/mol. The van der Waals surface area contributed by atoms with E-state index in [1.807, 2.05) is 24.8 Å². The molecule has 0 unspecified atom stereocenters. The molecule has 0 aromatic heterocycles.